The molecule has 0 amide bonds. The number of ether oxygens (including phenoxy) is 2. The molecule has 0 aliphatic carbocycles. The topological polar surface area (TPSA) is 140 Å². The van der Waals surface area contributed by atoms with Crippen LogP contribution in [0.3, 0.4) is 0 Å². The van der Waals surface area contributed by atoms with E-state index in [2.05, 4.69) is 31.4 Å². The predicted octanol–water partition coefficient (Wildman–Crippen LogP) is 9.45. The monoisotopic (exact) mass is 686 g/mol. The van der Waals surface area contributed by atoms with E-state index in [1.165, 1.54) is 44.9 Å². The van der Waals surface area contributed by atoms with E-state index in [4.69, 9.17) is 19.3 Å². The minimum absolute atomic E-state index is 0.197. The molecule has 0 saturated carbocycles. The normalized spacial score (nSPS) is 13.7. The van der Waals surface area contributed by atoms with Crippen molar-refractivity contribution in [2.45, 2.75) is 168 Å². The molecular weight excluding hydrogens is 619 g/mol. The Bertz CT molecular complexity index is 894. The van der Waals surface area contributed by atoms with Crippen molar-refractivity contribution in [1.29, 1.82) is 0 Å². The molecule has 0 saturated heterocycles. The number of carbonyl (C=O) groups excluding carboxylic acids is 2. The van der Waals surface area contributed by atoms with Gasteiger partial charge in [0.2, 0.25) is 0 Å². The Hall–Kier alpha value is -1.77. The largest absolute Gasteiger partial charge is 0.469 e. The first-order valence-corrected chi connectivity index (χ1v) is 19.8. The number of unbranched alkanes of at least 4 members (excludes halogenated alkanes) is 14. The van der Waals surface area contributed by atoms with Crippen LogP contribution in [0.2, 0.25) is 0 Å². The molecule has 0 aromatic carbocycles. The van der Waals surface area contributed by atoms with Crippen molar-refractivity contribution < 1.29 is 43.0 Å². The number of esters is 2. The zero-order valence-corrected chi connectivity index (χ0v) is 30.6. The molecular formula is C37H67O9P. The number of allylic oxidation sites excluding steroid dienone is 4. The summed E-state index contributed by atoms with van der Waals surface area (Å²) in [5.74, 6) is -0.149. The van der Waals surface area contributed by atoms with Gasteiger partial charge < -0.3 is 24.4 Å². The van der Waals surface area contributed by atoms with Gasteiger partial charge in [0.25, 0.3) is 0 Å². The first-order valence-electron chi connectivity index (χ1n) is 18.2. The van der Waals surface area contributed by atoms with Crippen molar-refractivity contribution in [3.8, 4) is 0 Å². The molecule has 10 heteroatoms. The van der Waals surface area contributed by atoms with Gasteiger partial charge in [-0.2, -0.15) is 0 Å². The van der Waals surface area contributed by atoms with Crippen LogP contribution in [0.15, 0.2) is 36.5 Å². The molecule has 3 N–H and O–H groups in total. The van der Waals surface area contributed by atoms with E-state index in [0.29, 0.717) is 19.3 Å². The molecule has 9 nitrogen and oxygen atoms in total. The van der Waals surface area contributed by atoms with Crippen LogP contribution in [-0.4, -0.2) is 52.3 Å². The number of aliphatic hydroxyl groups is 1. The number of carbonyl (C=O) groups is 2. The molecule has 0 spiro atoms. The first-order chi connectivity index (χ1) is 22.5. The Morgan fingerprint density at radius 3 is 1.83 bits per heavy atom. The third-order valence-electron chi connectivity index (χ3n) is 7.68. The van der Waals surface area contributed by atoms with Crippen LogP contribution in [0.25, 0.3) is 0 Å². The lowest BCUT2D eigenvalue weighted by atomic mass is 10.0. The SMILES string of the molecule is CC/C=C/CC(O)/C=C/C=C/CCCCCCCC(=O)OC[C@H](COP(=O)(O)O)OC(=O)CCCCCCCCCCCCC(C)C. The van der Waals surface area contributed by atoms with E-state index in [1.54, 1.807) is 6.08 Å². The summed E-state index contributed by atoms with van der Waals surface area (Å²) in [7, 11) is -4.76. The van der Waals surface area contributed by atoms with Crippen molar-refractivity contribution >= 4 is 19.8 Å². The van der Waals surface area contributed by atoms with Crippen molar-refractivity contribution in [3.05, 3.63) is 36.5 Å². The second-order valence-corrected chi connectivity index (χ2v) is 14.1. The van der Waals surface area contributed by atoms with Gasteiger partial charge in [0.15, 0.2) is 6.10 Å². The van der Waals surface area contributed by atoms with Crippen molar-refractivity contribution in [1.82, 2.24) is 0 Å². The Kier molecular flexibility index (Phi) is 30.3. The van der Waals surface area contributed by atoms with Crippen LogP contribution in [0, 0.1) is 5.92 Å². The molecule has 0 fully saturated rings. The Morgan fingerprint density at radius 2 is 1.26 bits per heavy atom. The lowest BCUT2D eigenvalue weighted by Gasteiger charge is -2.18. The van der Waals surface area contributed by atoms with Gasteiger partial charge in [-0.3, -0.25) is 14.1 Å². The summed E-state index contributed by atoms with van der Waals surface area (Å²) in [4.78, 5) is 42.6. The van der Waals surface area contributed by atoms with Crippen molar-refractivity contribution in [2.75, 3.05) is 13.2 Å². The summed E-state index contributed by atoms with van der Waals surface area (Å²) in [6.07, 6.45) is 30.6. The highest BCUT2D eigenvalue weighted by Gasteiger charge is 2.22. The summed E-state index contributed by atoms with van der Waals surface area (Å²) in [6, 6.07) is 0. The summed E-state index contributed by atoms with van der Waals surface area (Å²) in [5, 5.41) is 9.82. The molecule has 0 aliphatic rings. The average molecular weight is 687 g/mol. The molecule has 0 aromatic heterocycles. The van der Waals surface area contributed by atoms with Gasteiger partial charge in [-0.25, -0.2) is 4.57 Å². The highest BCUT2D eigenvalue weighted by Crippen LogP contribution is 2.36. The fourth-order valence-corrected chi connectivity index (χ4v) is 5.31. The highest BCUT2D eigenvalue weighted by molar-refractivity contribution is 7.46. The van der Waals surface area contributed by atoms with Gasteiger partial charge >= 0.3 is 19.8 Å². The quantitative estimate of drug-likeness (QED) is 0.0208. The molecule has 0 aromatic rings. The zero-order valence-electron chi connectivity index (χ0n) is 29.7. The molecule has 1 unspecified atom stereocenters. The summed E-state index contributed by atoms with van der Waals surface area (Å²) >= 11 is 0. The van der Waals surface area contributed by atoms with E-state index >= 15 is 0 Å². The minimum Gasteiger partial charge on any atom is -0.462 e. The average Bonchev–Trinajstić information content (AvgIpc) is 3.01. The Balaban J connectivity index is 4.05. The fraction of sp³-hybridized carbons (Fsp3) is 0.784. The predicted molar refractivity (Wildman–Crippen MR) is 190 cm³/mol. The smallest absolute Gasteiger partial charge is 0.462 e. The molecule has 47 heavy (non-hydrogen) atoms. The second kappa shape index (κ2) is 31.5. The maximum Gasteiger partial charge on any atom is 0.469 e. The van der Waals surface area contributed by atoms with Crippen LogP contribution < -0.4 is 0 Å². The molecule has 0 rings (SSSR count). The standard InChI is InChI=1S/C37H67O9P/c1-4-5-21-27-34(38)28-23-18-14-10-8-12-15-19-24-29-36(39)44-31-35(32-45-47(41,42)43)46-37(40)30-25-20-16-11-7-6-9-13-17-22-26-33(2)3/h5,14,18,21,23,28,33-35,38H,4,6-13,15-17,19-20,22,24-27,29-32H2,1-3H3,(H2,41,42,43)/b18-14+,21-5+,28-23+/t34?,35-/m1/s1. The van der Waals surface area contributed by atoms with Gasteiger partial charge in [0.05, 0.1) is 12.7 Å². The zero-order chi connectivity index (χ0) is 35.0. The number of aliphatic hydroxyl groups excluding tert-OH is 1. The van der Waals surface area contributed by atoms with Gasteiger partial charge in [-0.05, 0) is 44.4 Å². The van der Waals surface area contributed by atoms with Crippen LogP contribution in [0.1, 0.15) is 156 Å². The molecule has 0 radical (unpaired) electrons. The number of rotatable bonds is 32. The van der Waals surface area contributed by atoms with Crippen LogP contribution >= 0.6 is 7.82 Å². The molecule has 274 valence electrons. The van der Waals surface area contributed by atoms with Crippen LogP contribution in [-0.2, 0) is 28.2 Å². The minimum atomic E-state index is -4.76. The van der Waals surface area contributed by atoms with E-state index < -0.39 is 38.6 Å². The van der Waals surface area contributed by atoms with E-state index in [1.807, 2.05) is 24.3 Å². The Labute approximate surface area is 285 Å². The molecule has 2 atom stereocenters. The van der Waals surface area contributed by atoms with Gasteiger partial charge in [0, 0.05) is 12.8 Å². The fourth-order valence-electron chi connectivity index (χ4n) is 4.95. The molecule has 0 bridgehead atoms. The summed E-state index contributed by atoms with van der Waals surface area (Å²) < 4.78 is 26.2. The van der Waals surface area contributed by atoms with Crippen molar-refractivity contribution in [2.24, 2.45) is 5.92 Å². The number of phosphoric ester groups is 1. The highest BCUT2D eigenvalue weighted by atomic mass is 31.2. The van der Waals surface area contributed by atoms with Crippen LogP contribution in [0.5, 0.6) is 0 Å². The van der Waals surface area contributed by atoms with E-state index in [0.717, 1.165) is 63.7 Å². The van der Waals surface area contributed by atoms with E-state index in [9.17, 15) is 19.3 Å². The summed E-state index contributed by atoms with van der Waals surface area (Å²) in [5.41, 5.74) is 0. The van der Waals surface area contributed by atoms with Crippen LogP contribution in [0.4, 0.5) is 0 Å². The number of hydrogen-bond donors (Lipinski definition) is 3. The lowest BCUT2D eigenvalue weighted by molar-refractivity contribution is -0.161. The third kappa shape index (κ3) is 35.4. The van der Waals surface area contributed by atoms with Crippen molar-refractivity contribution in [3.63, 3.8) is 0 Å². The first kappa shape index (κ1) is 45.2. The maximum atomic E-state index is 12.3. The lowest BCUT2D eigenvalue weighted by Crippen LogP contribution is -2.29. The molecule has 0 aliphatic heterocycles. The van der Waals surface area contributed by atoms with Gasteiger partial charge in [-0.1, -0.05) is 141 Å². The number of phosphoric acid groups is 1. The second-order valence-electron chi connectivity index (χ2n) is 12.9. The number of hydrogen-bond acceptors (Lipinski definition) is 7. The van der Waals surface area contributed by atoms with Gasteiger partial charge in [0.1, 0.15) is 6.61 Å². The summed E-state index contributed by atoms with van der Waals surface area (Å²) in [6.45, 7) is 5.74. The van der Waals surface area contributed by atoms with E-state index in [-0.39, 0.29) is 19.4 Å². The van der Waals surface area contributed by atoms with Gasteiger partial charge in [-0.15, -0.1) is 0 Å². The third-order valence-corrected chi connectivity index (χ3v) is 8.17. The Morgan fingerprint density at radius 1 is 0.702 bits per heavy atom. The maximum absolute atomic E-state index is 12.3. The molecule has 0 heterocycles.